The Morgan fingerprint density at radius 1 is 1.20 bits per heavy atom. The normalized spacial score (nSPS) is 13.7. The molecule has 0 saturated heterocycles. The van der Waals surface area contributed by atoms with E-state index in [1.54, 1.807) is 34.6 Å². The van der Waals surface area contributed by atoms with Crippen molar-refractivity contribution in [3.63, 3.8) is 0 Å². The molecule has 0 bridgehead atoms. The number of aryl methyl sites for hydroxylation is 4. The SMILES string of the molecule is Cc1noc(C)c1C(C)NS(=O)(=O)c1c(C)n[nH]c1C. The molecule has 0 aromatic carbocycles. The summed E-state index contributed by atoms with van der Waals surface area (Å²) >= 11 is 0. The van der Waals surface area contributed by atoms with Crippen LogP contribution >= 0.6 is 0 Å². The molecule has 0 radical (unpaired) electrons. The zero-order chi connectivity index (χ0) is 15.1. The minimum absolute atomic E-state index is 0.191. The van der Waals surface area contributed by atoms with Crippen LogP contribution < -0.4 is 4.72 Å². The summed E-state index contributed by atoms with van der Waals surface area (Å²) in [6.07, 6.45) is 0. The van der Waals surface area contributed by atoms with E-state index < -0.39 is 16.1 Å². The zero-order valence-corrected chi connectivity index (χ0v) is 12.9. The van der Waals surface area contributed by atoms with Crippen LogP contribution in [0, 0.1) is 27.7 Å². The van der Waals surface area contributed by atoms with Crippen molar-refractivity contribution in [2.75, 3.05) is 0 Å². The van der Waals surface area contributed by atoms with Crippen LogP contribution in [0.4, 0.5) is 0 Å². The van der Waals surface area contributed by atoms with Gasteiger partial charge in [0.25, 0.3) is 0 Å². The minimum Gasteiger partial charge on any atom is -0.361 e. The lowest BCUT2D eigenvalue weighted by molar-refractivity contribution is 0.391. The largest absolute Gasteiger partial charge is 0.361 e. The van der Waals surface area contributed by atoms with Crippen LogP contribution in [0.2, 0.25) is 0 Å². The first kappa shape index (κ1) is 14.7. The van der Waals surface area contributed by atoms with Gasteiger partial charge in [-0.2, -0.15) is 5.10 Å². The van der Waals surface area contributed by atoms with Crippen molar-refractivity contribution in [1.82, 2.24) is 20.1 Å². The van der Waals surface area contributed by atoms with Gasteiger partial charge < -0.3 is 4.52 Å². The van der Waals surface area contributed by atoms with Gasteiger partial charge in [-0.1, -0.05) is 5.16 Å². The summed E-state index contributed by atoms with van der Waals surface area (Å²) < 4.78 is 32.6. The molecule has 1 atom stereocenters. The van der Waals surface area contributed by atoms with Gasteiger partial charge in [0.05, 0.1) is 17.1 Å². The molecule has 2 N–H and O–H groups in total. The maximum atomic E-state index is 12.4. The van der Waals surface area contributed by atoms with Crippen molar-refractivity contribution < 1.29 is 12.9 Å². The maximum Gasteiger partial charge on any atom is 0.244 e. The Hall–Kier alpha value is -1.67. The second-order valence-corrected chi connectivity index (χ2v) is 6.49. The Balaban J connectivity index is 2.34. The molecule has 2 rings (SSSR count). The Morgan fingerprint density at radius 2 is 1.85 bits per heavy atom. The van der Waals surface area contributed by atoms with E-state index in [2.05, 4.69) is 20.1 Å². The third kappa shape index (κ3) is 2.48. The molecular weight excluding hydrogens is 280 g/mol. The molecule has 2 heterocycles. The summed E-state index contributed by atoms with van der Waals surface area (Å²) in [6, 6.07) is -0.431. The van der Waals surface area contributed by atoms with Crippen LogP contribution in [0.25, 0.3) is 0 Å². The van der Waals surface area contributed by atoms with E-state index in [-0.39, 0.29) is 4.90 Å². The highest BCUT2D eigenvalue weighted by molar-refractivity contribution is 7.89. The highest BCUT2D eigenvalue weighted by Gasteiger charge is 2.27. The average molecular weight is 298 g/mol. The Labute approximate surface area is 117 Å². The fourth-order valence-corrected chi connectivity index (χ4v) is 3.98. The zero-order valence-electron chi connectivity index (χ0n) is 12.1. The van der Waals surface area contributed by atoms with Crippen LogP contribution in [-0.2, 0) is 10.0 Å². The lowest BCUT2D eigenvalue weighted by Crippen LogP contribution is -2.28. The van der Waals surface area contributed by atoms with E-state index in [1.807, 2.05) is 0 Å². The molecular formula is C12H18N4O3S. The summed E-state index contributed by atoms with van der Waals surface area (Å²) in [5.41, 5.74) is 2.40. The smallest absolute Gasteiger partial charge is 0.244 e. The van der Waals surface area contributed by atoms with Gasteiger partial charge in [0.1, 0.15) is 10.7 Å². The molecule has 0 fully saturated rings. The number of rotatable bonds is 4. The van der Waals surface area contributed by atoms with Crippen LogP contribution in [0.5, 0.6) is 0 Å². The first-order valence-electron chi connectivity index (χ1n) is 6.20. The molecule has 0 aliphatic carbocycles. The molecule has 0 saturated carbocycles. The van der Waals surface area contributed by atoms with E-state index in [0.717, 1.165) is 5.56 Å². The fraction of sp³-hybridized carbons (Fsp3) is 0.500. The van der Waals surface area contributed by atoms with Crippen molar-refractivity contribution in [1.29, 1.82) is 0 Å². The average Bonchev–Trinajstić information content (AvgIpc) is 2.82. The van der Waals surface area contributed by atoms with E-state index in [0.29, 0.717) is 22.8 Å². The monoisotopic (exact) mass is 298 g/mol. The van der Waals surface area contributed by atoms with Gasteiger partial charge in [0.15, 0.2) is 0 Å². The maximum absolute atomic E-state index is 12.4. The van der Waals surface area contributed by atoms with Crippen LogP contribution in [0.1, 0.15) is 41.4 Å². The number of hydrogen-bond donors (Lipinski definition) is 2. The van der Waals surface area contributed by atoms with Gasteiger partial charge in [0.2, 0.25) is 10.0 Å². The molecule has 8 heteroatoms. The number of hydrogen-bond acceptors (Lipinski definition) is 5. The molecule has 0 aliphatic rings. The van der Waals surface area contributed by atoms with Crippen LogP contribution in [0.3, 0.4) is 0 Å². The Kier molecular flexibility index (Phi) is 3.70. The van der Waals surface area contributed by atoms with Crippen LogP contribution in [-0.4, -0.2) is 23.8 Å². The van der Waals surface area contributed by atoms with Crippen molar-refractivity contribution in [2.24, 2.45) is 0 Å². The number of aromatic nitrogens is 3. The summed E-state index contributed by atoms with van der Waals surface area (Å²) in [5.74, 6) is 0.610. The third-order valence-corrected chi connectivity index (χ3v) is 4.99. The predicted octanol–water partition coefficient (Wildman–Crippen LogP) is 1.67. The second-order valence-electron chi connectivity index (χ2n) is 4.84. The summed E-state index contributed by atoms with van der Waals surface area (Å²) in [7, 11) is -3.65. The highest BCUT2D eigenvalue weighted by Crippen LogP contribution is 2.24. The molecule has 2 aromatic heterocycles. The van der Waals surface area contributed by atoms with Gasteiger partial charge >= 0.3 is 0 Å². The molecule has 0 aliphatic heterocycles. The summed E-state index contributed by atoms with van der Waals surface area (Å²) in [5, 5.41) is 10.4. The van der Waals surface area contributed by atoms with Gasteiger partial charge in [-0.25, -0.2) is 13.1 Å². The molecule has 20 heavy (non-hydrogen) atoms. The topological polar surface area (TPSA) is 101 Å². The number of nitrogens with one attached hydrogen (secondary N) is 2. The molecule has 0 spiro atoms. The lowest BCUT2D eigenvalue weighted by atomic mass is 10.1. The third-order valence-electron chi connectivity index (χ3n) is 3.18. The molecule has 7 nitrogen and oxygen atoms in total. The van der Waals surface area contributed by atoms with Crippen molar-refractivity contribution in [2.45, 2.75) is 45.6 Å². The minimum atomic E-state index is -3.65. The first-order chi connectivity index (χ1) is 9.24. The highest BCUT2D eigenvalue weighted by atomic mass is 32.2. The van der Waals surface area contributed by atoms with Gasteiger partial charge in [-0.3, -0.25) is 5.10 Å². The van der Waals surface area contributed by atoms with E-state index in [9.17, 15) is 8.42 Å². The second kappa shape index (κ2) is 5.02. The fourth-order valence-electron chi connectivity index (χ4n) is 2.40. The Bertz CT molecular complexity index is 691. The number of sulfonamides is 1. The predicted molar refractivity (Wildman–Crippen MR) is 72.8 cm³/mol. The van der Waals surface area contributed by atoms with Crippen molar-refractivity contribution >= 4 is 10.0 Å². The van der Waals surface area contributed by atoms with E-state index in [1.165, 1.54) is 0 Å². The van der Waals surface area contributed by atoms with Gasteiger partial charge in [-0.15, -0.1) is 0 Å². The van der Waals surface area contributed by atoms with E-state index >= 15 is 0 Å². The molecule has 1 unspecified atom stereocenters. The van der Waals surface area contributed by atoms with Gasteiger partial charge in [-0.05, 0) is 34.6 Å². The first-order valence-corrected chi connectivity index (χ1v) is 7.69. The standard InChI is InChI=1S/C12H18N4O3S/c1-6-11(10(5)19-15-6)7(2)16-20(17,18)12-8(3)13-14-9(12)4/h7,16H,1-5H3,(H,13,14). The lowest BCUT2D eigenvalue weighted by Gasteiger charge is -2.14. The molecule has 2 aromatic rings. The molecule has 0 amide bonds. The van der Waals surface area contributed by atoms with Crippen molar-refractivity contribution in [3.05, 3.63) is 28.4 Å². The number of H-pyrrole nitrogens is 1. The molecule has 110 valence electrons. The van der Waals surface area contributed by atoms with Gasteiger partial charge in [0, 0.05) is 11.6 Å². The quantitative estimate of drug-likeness (QED) is 0.894. The summed E-state index contributed by atoms with van der Waals surface area (Å²) in [4.78, 5) is 0.191. The number of aromatic amines is 1. The van der Waals surface area contributed by atoms with Crippen LogP contribution in [0.15, 0.2) is 9.42 Å². The van der Waals surface area contributed by atoms with Crippen molar-refractivity contribution in [3.8, 4) is 0 Å². The summed E-state index contributed by atoms with van der Waals surface area (Å²) in [6.45, 7) is 8.63. The van der Waals surface area contributed by atoms with E-state index in [4.69, 9.17) is 4.52 Å². The Morgan fingerprint density at radius 3 is 2.30 bits per heavy atom. The number of nitrogens with zero attached hydrogens (tertiary/aromatic N) is 2.